The van der Waals surface area contributed by atoms with Crippen molar-refractivity contribution in [2.75, 3.05) is 0 Å². The van der Waals surface area contributed by atoms with Gasteiger partial charge in [0.1, 0.15) is 5.01 Å². The molecule has 0 unspecified atom stereocenters. The van der Waals surface area contributed by atoms with Crippen molar-refractivity contribution in [2.45, 2.75) is 26.8 Å². The zero-order chi connectivity index (χ0) is 18.8. The van der Waals surface area contributed by atoms with Gasteiger partial charge in [0.2, 0.25) is 5.91 Å². The van der Waals surface area contributed by atoms with E-state index < -0.39 is 0 Å². The van der Waals surface area contributed by atoms with E-state index in [2.05, 4.69) is 46.5 Å². The Morgan fingerprint density at radius 1 is 1.00 bits per heavy atom. The number of thiazole rings is 2. The molecule has 1 amide bonds. The van der Waals surface area contributed by atoms with E-state index in [9.17, 15) is 4.79 Å². The summed E-state index contributed by atoms with van der Waals surface area (Å²) in [5, 5.41) is 4.89. The minimum Gasteiger partial charge on any atom is -0.349 e. The molecule has 0 aliphatic carbocycles. The van der Waals surface area contributed by atoms with Gasteiger partial charge in [-0.25, -0.2) is 9.97 Å². The normalized spacial score (nSPS) is 11.0. The number of amides is 1. The van der Waals surface area contributed by atoms with Crippen molar-refractivity contribution >= 4 is 38.8 Å². The molecule has 0 spiro atoms. The predicted molar refractivity (Wildman–Crippen MR) is 112 cm³/mol. The first-order valence-corrected chi connectivity index (χ1v) is 10.4. The molecule has 0 aliphatic heterocycles. The van der Waals surface area contributed by atoms with Crippen LogP contribution in [0.2, 0.25) is 0 Å². The monoisotopic (exact) mass is 393 g/mol. The molecule has 4 nitrogen and oxygen atoms in total. The molecule has 2 aromatic heterocycles. The van der Waals surface area contributed by atoms with Gasteiger partial charge in [0.15, 0.2) is 0 Å². The molecule has 4 aromatic rings. The lowest BCUT2D eigenvalue weighted by atomic mass is 10.1. The van der Waals surface area contributed by atoms with Crippen LogP contribution in [0, 0.1) is 13.8 Å². The summed E-state index contributed by atoms with van der Waals surface area (Å²) >= 11 is 3.20. The molecule has 0 aliphatic rings. The van der Waals surface area contributed by atoms with Crippen LogP contribution in [-0.2, 0) is 17.8 Å². The zero-order valence-corrected chi connectivity index (χ0v) is 16.8. The minimum atomic E-state index is -0.00809. The predicted octanol–water partition coefficient (Wildman–Crippen LogP) is 4.90. The van der Waals surface area contributed by atoms with E-state index in [1.807, 2.05) is 31.2 Å². The largest absolute Gasteiger partial charge is 0.349 e. The number of carbonyl (C=O) groups excluding carboxylic acids is 1. The summed E-state index contributed by atoms with van der Waals surface area (Å²) in [5.41, 5.74) is 4.15. The molecule has 2 aromatic carbocycles. The van der Waals surface area contributed by atoms with Crippen molar-refractivity contribution in [3.63, 3.8) is 0 Å². The van der Waals surface area contributed by atoms with Gasteiger partial charge in [0.25, 0.3) is 0 Å². The lowest BCUT2D eigenvalue weighted by Gasteiger charge is -2.04. The molecule has 0 saturated heterocycles. The van der Waals surface area contributed by atoms with Gasteiger partial charge in [-0.3, -0.25) is 4.79 Å². The average Bonchev–Trinajstić information content (AvgIpc) is 3.23. The highest BCUT2D eigenvalue weighted by atomic mass is 32.1. The smallest absolute Gasteiger partial charge is 0.225 e. The third-order valence-corrected chi connectivity index (χ3v) is 6.23. The maximum Gasteiger partial charge on any atom is 0.225 e. The minimum absolute atomic E-state index is 0.00809. The molecule has 6 heteroatoms. The maximum absolute atomic E-state index is 12.5. The lowest BCUT2D eigenvalue weighted by Crippen LogP contribution is -2.24. The third-order valence-electron chi connectivity index (χ3n) is 4.23. The molecule has 0 saturated carbocycles. The Morgan fingerprint density at radius 3 is 2.56 bits per heavy atom. The molecule has 27 heavy (non-hydrogen) atoms. The lowest BCUT2D eigenvalue weighted by molar-refractivity contribution is -0.120. The topological polar surface area (TPSA) is 54.9 Å². The van der Waals surface area contributed by atoms with Crippen molar-refractivity contribution < 1.29 is 4.79 Å². The molecule has 0 bridgehead atoms. The summed E-state index contributed by atoms with van der Waals surface area (Å²) in [7, 11) is 0. The Morgan fingerprint density at radius 2 is 1.78 bits per heavy atom. The van der Waals surface area contributed by atoms with Gasteiger partial charge < -0.3 is 5.32 Å². The molecule has 0 radical (unpaired) electrons. The van der Waals surface area contributed by atoms with Crippen LogP contribution in [0.1, 0.15) is 20.5 Å². The van der Waals surface area contributed by atoms with Gasteiger partial charge in [-0.05, 0) is 26.0 Å². The Balaban J connectivity index is 1.45. The Labute approximate surface area is 165 Å². The van der Waals surface area contributed by atoms with Gasteiger partial charge >= 0.3 is 0 Å². The molecule has 4 rings (SSSR count). The second-order valence-electron chi connectivity index (χ2n) is 6.40. The number of aromatic nitrogens is 2. The van der Waals surface area contributed by atoms with E-state index in [1.54, 1.807) is 22.7 Å². The van der Waals surface area contributed by atoms with E-state index >= 15 is 0 Å². The summed E-state index contributed by atoms with van der Waals surface area (Å²) in [6.45, 7) is 4.49. The molecule has 2 heterocycles. The highest BCUT2D eigenvalue weighted by Gasteiger charge is 2.15. The van der Waals surface area contributed by atoms with Crippen LogP contribution in [0.25, 0.3) is 21.5 Å². The van der Waals surface area contributed by atoms with E-state index in [1.165, 1.54) is 5.56 Å². The Kier molecular flexibility index (Phi) is 5.01. The van der Waals surface area contributed by atoms with E-state index in [-0.39, 0.29) is 5.91 Å². The van der Waals surface area contributed by atoms with E-state index in [0.717, 1.165) is 36.4 Å². The number of benzene rings is 2. The number of hydrogen-bond donors (Lipinski definition) is 1. The molecule has 1 N–H and O–H groups in total. The van der Waals surface area contributed by atoms with Gasteiger partial charge in [-0.1, -0.05) is 42.0 Å². The second-order valence-corrected chi connectivity index (χ2v) is 8.80. The van der Waals surface area contributed by atoms with Crippen LogP contribution in [0.5, 0.6) is 0 Å². The Hall–Kier alpha value is -2.57. The number of fused-ring (bicyclic) bond motifs is 1. The number of aryl methyl sites for hydroxylation is 2. The fourth-order valence-corrected chi connectivity index (χ4v) is 4.77. The number of rotatable bonds is 5. The highest BCUT2D eigenvalue weighted by Crippen LogP contribution is 2.29. The number of nitrogens with zero attached hydrogens (tertiary/aromatic N) is 2. The molecule has 0 fully saturated rings. The standard InChI is InChI=1S/C21H19N3OS2/c1-13-7-9-15(10-8-13)21-18(26-14(2)23-21)11-19(25)22-12-20-24-16-5-3-4-6-17(16)27-20/h3-10H,11-12H2,1-2H3,(H,22,25). The van der Waals surface area contributed by atoms with Gasteiger partial charge in [0, 0.05) is 10.4 Å². The van der Waals surface area contributed by atoms with Crippen molar-refractivity contribution in [3.05, 3.63) is 69.0 Å². The number of carbonyl (C=O) groups is 1. The van der Waals surface area contributed by atoms with Crippen LogP contribution >= 0.6 is 22.7 Å². The Bertz CT molecular complexity index is 1060. The maximum atomic E-state index is 12.5. The summed E-state index contributed by atoms with van der Waals surface area (Å²) in [6.07, 6.45) is 0.333. The first-order valence-electron chi connectivity index (χ1n) is 8.73. The van der Waals surface area contributed by atoms with Crippen molar-refractivity contribution in [1.82, 2.24) is 15.3 Å². The van der Waals surface area contributed by atoms with Gasteiger partial charge in [-0.2, -0.15) is 0 Å². The molecular weight excluding hydrogens is 374 g/mol. The molecule has 0 atom stereocenters. The van der Waals surface area contributed by atoms with Crippen LogP contribution in [0.3, 0.4) is 0 Å². The van der Waals surface area contributed by atoms with E-state index in [4.69, 9.17) is 0 Å². The summed E-state index contributed by atoms with van der Waals surface area (Å²) < 4.78 is 1.14. The fraction of sp³-hybridized carbons (Fsp3) is 0.190. The van der Waals surface area contributed by atoms with Crippen LogP contribution in [0.15, 0.2) is 48.5 Å². The van der Waals surface area contributed by atoms with Gasteiger partial charge in [-0.15, -0.1) is 22.7 Å². The second kappa shape index (κ2) is 7.58. The summed E-state index contributed by atoms with van der Waals surface area (Å²) in [6, 6.07) is 16.3. The first kappa shape index (κ1) is 17.8. The number of para-hydroxylation sites is 1. The van der Waals surface area contributed by atoms with E-state index in [0.29, 0.717) is 13.0 Å². The number of nitrogens with one attached hydrogen (secondary N) is 1. The average molecular weight is 394 g/mol. The molecular formula is C21H19N3OS2. The quantitative estimate of drug-likeness (QED) is 0.525. The molecule has 136 valence electrons. The van der Waals surface area contributed by atoms with Crippen LogP contribution in [0.4, 0.5) is 0 Å². The van der Waals surface area contributed by atoms with Crippen molar-refractivity contribution in [2.24, 2.45) is 0 Å². The summed E-state index contributed by atoms with van der Waals surface area (Å²) in [5.74, 6) is -0.00809. The van der Waals surface area contributed by atoms with Gasteiger partial charge in [0.05, 0.1) is 33.9 Å². The third kappa shape index (κ3) is 4.07. The van der Waals surface area contributed by atoms with Crippen LogP contribution in [-0.4, -0.2) is 15.9 Å². The SMILES string of the molecule is Cc1ccc(-c2nc(C)sc2CC(=O)NCc2nc3ccccc3s2)cc1. The van der Waals surface area contributed by atoms with Crippen molar-refractivity contribution in [3.8, 4) is 11.3 Å². The highest BCUT2D eigenvalue weighted by molar-refractivity contribution is 7.18. The fourth-order valence-electron chi connectivity index (χ4n) is 2.90. The summed E-state index contributed by atoms with van der Waals surface area (Å²) in [4.78, 5) is 22.7. The van der Waals surface area contributed by atoms with Crippen molar-refractivity contribution in [1.29, 1.82) is 0 Å². The number of hydrogen-bond acceptors (Lipinski definition) is 5. The zero-order valence-electron chi connectivity index (χ0n) is 15.2. The van der Waals surface area contributed by atoms with Crippen LogP contribution < -0.4 is 5.32 Å². The first-order chi connectivity index (χ1) is 13.1.